The van der Waals surface area contributed by atoms with Crippen molar-refractivity contribution >= 4 is 49.7 Å². The smallest absolute Gasteiger partial charge is 0.0207 e. The number of allylic oxidation sites excluding steroid dienone is 4. The monoisotopic (exact) mass is 564 g/mol. The molecule has 1 aliphatic carbocycles. The second kappa shape index (κ2) is 9.87. The van der Waals surface area contributed by atoms with Crippen LogP contribution in [0.25, 0.3) is 71.3 Å². The van der Waals surface area contributed by atoms with Gasteiger partial charge in [-0.1, -0.05) is 133 Å². The highest BCUT2D eigenvalue weighted by Crippen LogP contribution is 2.51. The Bertz CT molecular complexity index is 2260. The molecule has 0 bridgehead atoms. The molecule has 1 heteroatoms. The van der Waals surface area contributed by atoms with Crippen LogP contribution in [0.5, 0.6) is 0 Å². The van der Waals surface area contributed by atoms with Crippen molar-refractivity contribution in [1.82, 2.24) is 0 Å². The van der Waals surface area contributed by atoms with E-state index in [1.807, 2.05) is 11.8 Å². The third-order valence-corrected chi connectivity index (χ3v) is 10.2. The van der Waals surface area contributed by atoms with Crippen LogP contribution in [0.4, 0.5) is 0 Å². The second-order valence-corrected chi connectivity index (χ2v) is 12.6. The Balaban J connectivity index is 1.39. The topological polar surface area (TPSA) is 0 Å². The molecule has 0 radical (unpaired) electrons. The van der Waals surface area contributed by atoms with E-state index in [-0.39, 0.29) is 0 Å². The van der Waals surface area contributed by atoms with Crippen molar-refractivity contribution < 1.29 is 0 Å². The van der Waals surface area contributed by atoms with E-state index in [4.69, 9.17) is 0 Å². The van der Waals surface area contributed by atoms with Crippen molar-refractivity contribution in [2.45, 2.75) is 22.6 Å². The van der Waals surface area contributed by atoms with Gasteiger partial charge in [0.25, 0.3) is 0 Å². The summed E-state index contributed by atoms with van der Waals surface area (Å²) in [5, 5.41) is 7.83. The highest BCUT2D eigenvalue weighted by atomic mass is 32.2. The van der Waals surface area contributed by atoms with Gasteiger partial charge < -0.3 is 0 Å². The van der Waals surface area contributed by atoms with Crippen LogP contribution in [0, 0.1) is 0 Å². The zero-order chi connectivity index (χ0) is 28.3. The Morgan fingerprint density at radius 3 is 1.81 bits per heavy atom. The van der Waals surface area contributed by atoms with Gasteiger partial charge in [-0.2, -0.15) is 0 Å². The molecule has 0 nitrogen and oxygen atoms in total. The zero-order valence-electron chi connectivity index (χ0n) is 23.7. The van der Waals surface area contributed by atoms with Crippen LogP contribution in [-0.4, -0.2) is 0 Å². The molecule has 0 saturated carbocycles. The van der Waals surface area contributed by atoms with Crippen LogP contribution in [0.15, 0.2) is 155 Å². The molecule has 9 rings (SSSR count). The Hall–Kier alpha value is -4.85. The van der Waals surface area contributed by atoms with E-state index in [0.29, 0.717) is 0 Å². The van der Waals surface area contributed by atoms with Gasteiger partial charge in [0.2, 0.25) is 0 Å². The van der Waals surface area contributed by atoms with E-state index in [0.717, 1.165) is 12.8 Å². The molecular formula is C42H28S. The minimum absolute atomic E-state index is 1.09. The SMILES string of the molecule is C1=CC(c2ccccc2-c2c3ccccc3c(-c3cc4c5c(cccc5c3)Sc3ccccc3-4)c3ccccc23)=CCC1. The Morgan fingerprint density at radius 2 is 1.09 bits per heavy atom. The first-order valence-corrected chi connectivity index (χ1v) is 15.9. The number of fused-ring (bicyclic) bond motifs is 4. The molecule has 0 aromatic heterocycles. The average molecular weight is 565 g/mol. The molecule has 7 aromatic carbocycles. The third-order valence-electron chi connectivity index (χ3n) is 9.06. The van der Waals surface area contributed by atoms with Crippen molar-refractivity contribution in [1.29, 1.82) is 0 Å². The fraction of sp³-hybridized carbons (Fsp3) is 0.0476. The molecule has 0 saturated heterocycles. The summed E-state index contributed by atoms with van der Waals surface area (Å²) in [6, 6.07) is 47.4. The number of rotatable bonds is 3. The summed E-state index contributed by atoms with van der Waals surface area (Å²) < 4.78 is 0. The summed E-state index contributed by atoms with van der Waals surface area (Å²) in [5.41, 5.74) is 10.5. The maximum absolute atomic E-state index is 2.45. The predicted molar refractivity (Wildman–Crippen MR) is 186 cm³/mol. The standard InChI is InChI=1S/C42H28S/c1-2-13-27(14-3-1)30-16-4-5-18-32(30)42-35-21-8-6-19-33(35)40(34-20-7-9-22-36(34)42)29-25-28-15-12-24-39-41(28)37(26-29)31-17-10-11-23-38(31)43-39/h2,4-26H,1,3H2. The van der Waals surface area contributed by atoms with Crippen LogP contribution in [0.1, 0.15) is 18.4 Å². The third kappa shape index (κ3) is 3.85. The molecule has 0 unspecified atom stereocenters. The molecule has 0 atom stereocenters. The predicted octanol–water partition coefficient (Wildman–Crippen LogP) is 12.3. The number of hydrogen-bond acceptors (Lipinski definition) is 1. The van der Waals surface area contributed by atoms with Gasteiger partial charge in [-0.3, -0.25) is 0 Å². The van der Waals surface area contributed by atoms with Gasteiger partial charge in [-0.05, 0) is 109 Å². The van der Waals surface area contributed by atoms with E-state index < -0.39 is 0 Å². The van der Waals surface area contributed by atoms with E-state index in [1.165, 1.54) is 86.6 Å². The van der Waals surface area contributed by atoms with Gasteiger partial charge in [0.1, 0.15) is 0 Å². The molecule has 0 N–H and O–H groups in total. The van der Waals surface area contributed by atoms with Gasteiger partial charge in [-0.25, -0.2) is 0 Å². The zero-order valence-corrected chi connectivity index (χ0v) is 24.5. The molecule has 202 valence electrons. The first-order chi connectivity index (χ1) is 21.3. The number of hydrogen-bond donors (Lipinski definition) is 0. The molecule has 43 heavy (non-hydrogen) atoms. The fourth-order valence-corrected chi connectivity index (χ4v) is 8.38. The van der Waals surface area contributed by atoms with Crippen LogP contribution in [0.3, 0.4) is 0 Å². The molecular weight excluding hydrogens is 537 g/mol. The Morgan fingerprint density at radius 1 is 0.465 bits per heavy atom. The van der Waals surface area contributed by atoms with E-state index in [1.54, 1.807) is 0 Å². The van der Waals surface area contributed by atoms with Gasteiger partial charge in [-0.15, -0.1) is 0 Å². The first kappa shape index (κ1) is 24.7. The maximum atomic E-state index is 2.45. The van der Waals surface area contributed by atoms with Crippen molar-refractivity contribution in [3.8, 4) is 33.4 Å². The van der Waals surface area contributed by atoms with E-state index >= 15 is 0 Å². The van der Waals surface area contributed by atoms with Crippen molar-refractivity contribution in [3.63, 3.8) is 0 Å². The summed E-state index contributed by atoms with van der Waals surface area (Å²) in [4.78, 5) is 2.66. The van der Waals surface area contributed by atoms with Gasteiger partial charge in [0.05, 0.1) is 0 Å². The number of benzene rings is 7. The minimum atomic E-state index is 1.09. The summed E-state index contributed by atoms with van der Waals surface area (Å²) >= 11 is 1.88. The lowest BCUT2D eigenvalue weighted by Crippen LogP contribution is -1.96. The van der Waals surface area contributed by atoms with Crippen molar-refractivity contribution in [3.05, 3.63) is 151 Å². The Labute approximate surface area is 256 Å². The van der Waals surface area contributed by atoms with Crippen LogP contribution < -0.4 is 0 Å². The first-order valence-electron chi connectivity index (χ1n) is 15.1. The van der Waals surface area contributed by atoms with Crippen LogP contribution in [0.2, 0.25) is 0 Å². The normalized spacial score (nSPS) is 13.8. The summed E-state index contributed by atoms with van der Waals surface area (Å²) in [5.74, 6) is 0. The lowest BCUT2D eigenvalue weighted by Gasteiger charge is -2.23. The summed E-state index contributed by atoms with van der Waals surface area (Å²) in [6.07, 6.45) is 9.20. The average Bonchev–Trinajstić information content (AvgIpc) is 3.07. The molecule has 1 aliphatic heterocycles. The molecule has 7 aromatic rings. The highest BCUT2D eigenvalue weighted by molar-refractivity contribution is 7.99. The second-order valence-electron chi connectivity index (χ2n) is 11.5. The summed E-state index contributed by atoms with van der Waals surface area (Å²) in [7, 11) is 0. The lowest BCUT2D eigenvalue weighted by molar-refractivity contribution is 1.04. The molecule has 2 aliphatic rings. The van der Waals surface area contributed by atoms with Crippen LogP contribution >= 0.6 is 11.8 Å². The molecule has 0 fully saturated rings. The molecule has 0 spiro atoms. The molecule has 0 amide bonds. The van der Waals surface area contributed by atoms with E-state index in [9.17, 15) is 0 Å². The fourth-order valence-electron chi connectivity index (χ4n) is 7.23. The van der Waals surface area contributed by atoms with Crippen molar-refractivity contribution in [2.75, 3.05) is 0 Å². The largest absolute Gasteiger partial charge is 0.0888 e. The van der Waals surface area contributed by atoms with Gasteiger partial charge in [0, 0.05) is 15.2 Å². The van der Waals surface area contributed by atoms with Gasteiger partial charge in [0.15, 0.2) is 0 Å². The highest BCUT2D eigenvalue weighted by Gasteiger charge is 2.23. The minimum Gasteiger partial charge on any atom is -0.0888 e. The maximum Gasteiger partial charge on any atom is 0.0207 e. The van der Waals surface area contributed by atoms with Gasteiger partial charge >= 0.3 is 0 Å². The van der Waals surface area contributed by atoms with E-state index in [2.05, 4.69) is 146 Å². The quantitative estimate of drug-likeness (QED) is 0.192. The molecule has 1 heterocycles. The Kier molecular flexibility index (Phi) is 5.67. The van der Waals surface area contributed by atoms with Crippen LogP contribution in [-0.2, 0) is 0 Å². The van der Waals surface area contributed by atoms with Crippen molar-refractivity contribution in [2.24, 2.45) is 0 Å². The summed E-state index contributed by atoms with van der Waals surface area (Å²) in [6.45, 7) is 0. The lowest BCUT2D eigenvalue weighted by atomic mass is 9.82.